The van der Waals surface area contributed by atoms with E-state index in [1.54, 1.807) is 25.2 Å². The number of sulfonamides is 1. The molecule has 0 N–H and O–H groups in total. The van der Waals surface area contributed by atoms with Gasteiger partial charge in [-0.15, -0.1) is 11.3 Å². The SMILES string of the molecule is CC(C)S(=O)(=O)N1CC(c2nc(-c3cccs3)no2)C1. The largest absolute Gasteiger partial charge is 0.339 e. The molecular formula is C12H15N3O3S2. The molecule has 3 heterocycles. The molecule has 3 rings (SSSR count). The van der Waals surface area contributed by atoms with E-state index in [1.807, 2.05) is 17.5 Å². The van der Waals surface area contributed by atoms with Gasteiger partial charge < -0.3 is 4.52 Å². The predicted octanol–water partition coefficient (Wildman–Crippen LogP) is 1.94. The summed E-state index contributed by atoms with van der Waals surface area (Å²) in [6.45, 7) is 4.22. The summed E-state index contributed by atoms with van der Waals surface area (Å²) >= 11 is 1.54. The highest BCUT2D eigenvalue weighted by Gasteiger charge is 2.40. The Hall–Kier alpha value is -1.25. The van der Waals surface area contributed by atoms with Gasteiger partial charge in [0.25, 0.3) is 0 Å². The smallest absolute Gasteiger partial charge is 0.232 e. The van der Waals surface area contributed by atoms with Crippen LogP contribution in [0.15, 0.2) is 22.0 Å². The molecule has 8 heteroatoms. The molecule has 2 aromatic heterocycles. The van der Waals surface area contributed by atoms with Crippen molar-refractivity contribution in [3.63, 3.8) is 0 Å². The van der Waals surface area contributed by atoms with Crippen LogP contribution in [0.4, 0.5) is 0 Å². The molecule has 0 aromatic carbocycles. The number of hydrogen-bond acceptors (Lipinski definition) is 6. The first-order chi connectivity index (χ1) is 9.48. The molecule has 6 nitrogen and oxygen atoms in total. The van der Waals surface area contributed by atoms with Crippen LogP contribution in [0.25, 0.3) is 10.7 Å². The van der Waals surface area contributed by atoms with Gasteiger partial charge in [0, 0.05) is 13.1 Å². The molecule has 0 radical (unpaired) electrons. The van der Waals surface area contributed by atoms with Gasteiger partial charge >= 0.3 is 0 Å². The standard InChI is InChI=1S/C12H15N3O3S2/c1-8(2)20(16,17)15-6-9(7-15)12-13-11(14-18-12)10-4-3-5-19-10/h3-5,8-9H,6-7H2,1-2H3. The van der Waals surface area contributed by atoms with E-state index in [4.69, 9.17) is 4.52 Å². The molecule has 0 atom stereocenters. The van der Waals surface area contributed by atoms with Crippen molar-refractivity contribution < 1.29 is 12.9 Å². The lowest BCUT2D eigenvalue weighted by molar-refractivity contribution is 0.215. The first kappa shape index (κ1) is 13.7. The van der Waals surface area contributed by atoms with Crippen molar-refractivity contribution in [3.8, 4) is 10.7 Å². The Labute approximate surface area is 121 Å². The molecule has 0 bridgehead atoms. The third-order valence-electron chi connectivity index (χ3n) is 3.34. The summed E-state index contributed by atoms with van der Waals surface area (Å²) in [6.07, 6.45) is 0. The molecule has 1 saturated heterocycles. The highest BCUT2D eigenvalue weighted by atomic mass is 32.2. The summed E-state index contributed by atoms with van der Waals surface area (Å²) in [4.78, 5) is 5.30. The maximum atomic E-state index is 11.9. The number of hydrogen-bond donors (Lipinski definition) is 0. The summed E-state index contributed by atoms with van der Waals surface area (Å²) in [5.41, 5.74) is 0. The number of nitrogens with zero attached hydrogens (tertiary/aromatic N) is 3. The van der Waals surface area contributed by atoms with Crippen LogP contribution in [0.1, 0.15) is 25.7 Å². The molecule has 0 unspecified atom stereocenters. The third-order valence-corrected chi connectivity index (χ3v) is 6.41. The van der Waals surface area contributed by atoms with Gasteiger partial charge in [0.1, 0.15) is 0 Å². The summed E-state index contributed by atoms with van der Waals surface area (Å²) < 4.78 is 30.6. The van der Waals surface area contributed by atoms with Gasteiger partial charge in [-0.3, -0.25) is 0 Å². The van der Waals surface area contributed by atoms with Crippen molar-refractivity contribution in [2.24, 2.45) is 0 Å². The van der Waals surface area contributed by atoms with Crippen molar-refractivity contribution in [1.82, 2.24) is 14.4 Å². The topological polar surface area (TPSA) is 76.3 Å². The quantitative estimate of drug-likeness (QED) is 0.862. The number of rotatable bonds is 4. The first-order valence-electron chi connectivity index (χ1n) is 6.35. The zero-order valence-electron chi connectivity index (χ0n) is 11.2. The zero-order chi connectivity index (χ0) is 14.3. The van der Waals surface area contributed by atoms with E-state index in [2.05, 4.69) is 10.1 Å². The van der Waals surface area contributed by atoms with Gasteiger partial charge in [-0.25, -0.2) is 12.7 Å². The monoisotopic (exact) mass is 313 g/mol. The minimum absolute atomic E-state index is 0.00439. The van der Waals surface area contributed by atoms with Crippen molar-refractivity contribution in [1.29, 1.82) is 0 Å². The third kappa shape index (κ3) is 2.27. The molecule has 20 heavy (non-hydrogen) atoms. The van der Waals surface area contributed by atoms with E-state index in [0.29, 0.717) is 24.8 Å². The first-order valence-corrected chi connectivity index (χ1v) is 8.73. The maximum Gasteiger partial charge on any atom is 0.232 e. The van der Waals surface area contributed by atoms with E-state index >= 15 is 0 Å². The minimum atomic E-state index is -3.17. The Morgan fingerprint density at radius 3 is 2.80 bits per heavy atom. The normalized spacial score (nSPS) is 17.6. The summed E-state index contributed by atoms with van der Waals surface area (Å²) in [5, 5.41) is 5.49. The van der Waals surface area contributed by atoms with E-state index in [9.17, 15) is 8.42 Å². The molecule has 0 saturated carbocycles. The molecule has 0 amide bonds. The molecule has 1 aliphatic rings. The van der Waals surface area contributed by atoms with Gasteiger partial charge in [-0.05, 0) is 25.3 Å². The lowest BCUT2D eigenvalue weighted by Crippen LogP contribution is -2.50. The number of aromatic nitrogens is 2. The average Bonchev–Trinajstić information content (AvgIpc) is 2.95. The number of thiophene rings is 1. The Morgan fingerprint density at radius 1 is 1.45 bits per heavy atom. The fourth-order valence-corrected chi connectivity index (χ4v) is 4.03. The van der Waals surface area contributed by atoms with Crippen LogP contribution in [-0.4, -0.2) is 41.2 Å². The van der Waals surface area contributed by atoms with Crippen LogP contribution in [0.3, 0.4) is 0 Å². The summed E-state index contributed by atoms with van der Waals surface area (Å²) in [7, 11) is -3.17. The molecular weight excluding hydrogens is 298 g/mol. The predicted molar refractivity (Wildman–Crippen MR) is 76.0 cm³/mol. The second kappa shape index (κ2) is 4.94. The molecule has 2 aromatic rings. The maximum absolute atomic E-state index is 11.9. The van der Waals surface area contributed by atoms with Crippen molar-refractivity contribution in [3.05, 3.63) is 23.4 Å². The van der Waals surface area contributed by atoms with Gasteiger partial charge in [0.05, 0.1) is 16.0 Å². The Bertz CT molecular complexity index is 685. The molecule has 0 aliphatic carbocycles. The molecule has 108 valence electrons. The lowest BCUT2D eigenvalue weighted by atomic mass is 10.0. The minimum Gasteiger partial charge on any atom is -0.339 e. The van der Waals surface area contributed by atoms with Crippen LogP contribution < -0.4 is 0 Å². The Morgan fingerprint density at radius 2 is 2.20 bits per heavy atom. The molecule has 1 aliphatic heterocycles. The lowest BCUT2D eigenvalue weighted by Gasteiger charge is -2.36. The Balaban J connectivity index is 1.69. The molecule has 0 spiro atoms. The second-order valence-electron chi connectivity index (χ2n) is 5.04. The zero-order valence-corrected chi connectivity index (χ0v) is 12.8. The van der Waals surface area contributed by atoms with Crippen molar-refractivity contribution >= 4 is 21.4 Å². The second-order valence-corrected chi connectivity index (χ2v) is 8.48. The fourth-order valence-electron chi connectivity index (χ4n) is 2.01. The van der Waals surface area contributed by atoms with E-state index < -0.39 is 15.3 Å². The van der Waals surface area contributed by atoms with Crippen LogP contribution >= 0.6 is 11.3 Å². The fraction of sp³-hybridized carbons (Fsp3) is 0.500. The van der Waals surface area contributed by atoms with Gasteiger partial charge in [-0.2, -0.15) is 4.98 Å². The summed E-state index contributed by atoms with van der Waals surface area (Å²) in [6, 6.07) is 3.85. The van der Waals surface area contributed by atoms with Gasteiger partial charge in [0.2, 0.25) is 21.7 Å². The van der Waals surface area contributed by atoms with Crippen molar-refractivity contribution in [2.45, 2.75) is 25.0 Å². The Kier molecular flexibility index (Phi) is 3.39. The van der Waals surface area contributed by atoms with Crippen LogP contribution in [0.5, 0.6) is 0 Å². The highest BCUT2D eigenvalue weighted by molar-refractivity contribution is 7.89. The van der Waals surface area contributed by atoms with Gasteiger partial charge in [0.15, 0.2) is 0 Å². The summed E-state index contributed by atoms with van der Waals surface area (Å²) in [5.74, 6) is 1.09. The van der Waals surface area contributed by atoms with Crippen molar-refractivity contribution in [2.75, 3.05) is 13.1 Å². The van der Waals surface area contributed by atoms with E-state index in [0.717, 1.165) is 4.88 Å². The van der Waals surface area contributed by atoms with E-state index in [1.165, 1.54) is 4.31 Å². The van der Waals surface area contributed by atoms with Crippen LogP contribution in [-0.2, 0) is 10.0 Å². The van der Waals surface area contributed by atoms with E-state index in [-0.39, 0.29) is 5.92 Å². The molecule has 1 fully saturated rings. The highest BCUT2D eigenvalue weighted by Crippen LogP contribution is 2.31. The average molecular weight is 313 g/mol. The van der Waals surface area contributed by atoms with Crippen LogP contribution in [0, 0.1) is 0 Å². The van der Waals surface area contributed by atoms with Crippen LogP contribution in [0.2, 0.25) is 0 Å². The van der Waals surface area contributed by atoms with Gasteiger partial charge in [-0.1, -0.05) is 11.2 Å².